The van der Waals surface area contributed by atoms with Gasteiger partial charge in [0.05, 0.1) is 14.9 Å². The molecule has 0 radical (unpaired) electrons. The van der Waals surface area contributed by atoms with Crippen LogP contribution >= 0.6 is 34.8 Å². The molecule has 3 rings (SSSR count). The second-order valence-electron chi connectivity index (χ2n) is 6.17. The Morgan fingerprint density at radius 2 is 1.58 bits per heavy atom. The predicted octanol–water partition coefficient (Wildman–Crippen LogP) is 5.60. The van der Waals surface area contributed by atoms with Crippen molar-refractivity contribution in [1.82, 2.24) is 0 Å². The van der Waals surface area contributed by atoms with E-state index in [2.05, 4.69) is 10.0 Å². The molecule has 3 aromatic rings. The van der Waals surface area contributed by atoms with Crippen LogP contribution in [-0.4, -0.2) is 20.9 Å². The van der Waals surface area contributed by atoms with Gasteiger partial charge in [0, 0.05) is 16.4 Å². The van der Waals surface area contributed by atoms with E-state index in [1.165, 1.54) is 42.5 Å². The Morgan fingerprint density at radius 3 is 2.23 bits per heavy atom. The average molecular weight is 504 g/mol. The maximum Gasteiger partial charge on any atom is 0.262 e. The normalized spacial score (nSPS) is 11.1. The summed E-state index contributed by atoms with van der Waals surface area (Å²) in [5.74, 6) is -1.04. The van der Waals surface area contributed by atoms with Gasteiger partial charge in [0.25, 0.3) is 15.9 Å². The summed E-state index contributed by atoms with van der Waals surface area (Å²) in [6.45, 7) is -0.413. The molecule has 0 heterocycles. The van der Waals surface area contributed by atoms with Crippen molar-refractivity contribution >= 4 is 62.1 Å². The number of nitrogens with one attached hydrogen (secondary N) is 2. The highest BCUT2D eigenvalue weighted by molar-refractivity contribution is 7.92. The SMILES string of the molecule is O=C(COc1ccc(S(=O)(=O)Nc2ccc(Cl)cc2)cc1Cl)Nc1ccc(F)c(Cl)c1. The lowest BCUT2D eigenvalue weighted by Gasteiger charge is -2.12. The number of halogens is 4. The van der Waals surface area contributed by atoms with Gasteiger partial charge in [-0.2, -0.15) is 0 Å². The van der Waals surface area contributed by atoms with Crippen molar-refractivity contribution in [2.45, 2.75) is 4.90 Å². The zero-order valence-corrected chi connectivity index (χ0v) is 18.6. The highest BCUT2D eigenvalue weighted by atomic mass is 35.5. The lowest BCUT2D eigenvalue weighted by Crippen LogP contribution is -2.20. The first-order chi connectivity index (χ1) is 14.6. The minimum Gasteiger partial charge on any atom is -0.482 e. The summed E-state index contributed by atoms with van der Waals surface area (Å²) in [4.78, 5) is 11.9. The van der Waals surface area contributed by atoms with Gasteiger partial charge in [-0.25, -0.2) is 12.8 Å². The quantitative estimate of drug-likeness (QED) is 0.439. The van der Waals surface area contributed by atoms with Gasteiger partial charge in [0.15, 0.2) is 6.61 Å². The fourth-order valence-electron chi connectivity index (χ4n) is 2.41. The average Bonchev–Trinajstić information content (AvgIpc) is 2.71. The summed E-state index contributed by atoms with van der Waals surface area (Å²) in [6, 6.07) is 13.7. The Labute approximate surface area is 192 Å². The number of hydrogen-bond donors (Lipinski definition) is 2. The number of hydrogen-bond acceptors (Lipinski definition) is 4. The Bertz CT molecular complexity index is 1220. The number of carbonyl (C=O) groups is 1. The number of anilines is 2. The molecular formula is C20H14Cl3FN2O4S. The molecule has 0 saturated carbocycles. The fraction of sp³-hybridized carbons (Fsp3) is 0.0500. The standard InChI is InChI=1S/C20H14Cl3FN2O4S/c21-12-1-3-13(4-2-12)26-31(28,29)15-6-8-19(17(23)10-15)30-11-20(27)25-14-5-7-18(24)16(22)9-14/h1-10,26H,11H2,(H,25,27). The molecule has 0 aliphatic heterocycles. The van der Waals surface area contributed by atoms with Crippen molar-refractivity contribution in [1.29, 1.82) is 0 Å². The molecule has 0 spiro atoms. The highest BCUT2D eigenvalue weighted by Crippen LogP contribution is 2.28. The van der Waals surface area contributed by atoms with E-state index in [0.717, 1.165) is 6.07 Å². The molecule has 1 amide bonds. The minimum absolute atomic E-state index is 0.00314. The largest absolute Gasteiger partial charge is 0.482 e. The molecule has 31 heavy (non-hydrogen) atoms. The Morgan fingerprint density at radius 1 is 0.903 bits per heavy atom. The second-order valence-corrected chi connectivity index (χ2v) is 9.10. The Balaban J connectivity index is 1.64. The monoisotopic (exact) mass is 502 g/mol. The van der Waals surface area contributed by atoms with Crippen LogP contribution < -0.4 is 14.8 Å². The van der Waals surface area contributed by atoms with E-state index in [0.29, 0.717) is 16.4 Å². The third-order valence-corrected chi connectivity index (χ3v) is 6.09. The first-order valence-corrected chi connectivity index (χ1v) is 11.2. The van der Waals surface area contributed by atoms with E-state index in [-0.39, 0.29) is 20.7 Å². The number of carbonyl (C=O) groups excluding carboxylic acids is 1. The molecule has 3 aromatic carbocycles. The molecule has 0 atom stereocenters. The molecule has 0 aromatic heterocycles. The van der Waals surface area contributed by atoms with E-state index < -0.39 is 28.4 Å². The Kier molecular flexibility index (Phi) is 7.27. The van der Waals surface area contributed by atoms with E-state index in [9.17, 15) is 17.6 Å². The molecule has 0 unspecified atom stereocenters. The van der Waals surface area contributed by atoms with Crippen LogP contribution in [0.3, 0.4) is 0 Å². The number of ether oxygens (including phenoxy) is 1. The topological polar surface area (TPSA) is 84.5 Å². The smallest absolute Gasteiger partial charge is 0.262 e. The zero-order chi connectivity index (χ0) is 22.6. The lowest BCUT2D eigenvalue weighted by molar-refractivity contribution is -0.118. The van der Waals surface area contributed by atoms with Crippen LogP contribution in [0.15, 0.2) is 65.6 Å². The van der Waals surface area contributed by atoms with Crippen LogP contribution in [0.25, 0.3) is 0 Å². The molecule has 0 aliphatic carbocycles. The molecule has 6 nitrogen and oxygen atoms in total. The van der Waals surface area contributed by atoms with E-state index in [1.807, 2.05) is 0 Å². The van der Waals surface area contributed by atoms with Crippen molar-refractivity contribution in [2.75, 3.05) is 16.6 Å². The highest BCUT2D eigenvalue weighted by Gasteiger charge is 2.17. The van der Waals surface area contributed by atoms with Gasteiger partial charge in [-0.3, -0.25) is 9.52 Å². The van der Waals surface area contributed by atoms with Gasteiger partial charge in [-0.1, -0.05) is 34.8 Å². The third-order valence-electron chi connectivity index (χ3n) is 3.87. The van der Waals surface area contributed by atoms with Crippen molar-refractivity contribution in [3.8, 4) is 5.75 Å². The molecule has 0 aliphatic rings. The molecule has 162 valence electrons. The van der Waals surface area contributed by atoms with Crippen molar-refractivity contribution in [3.63, 3.8) is 0 Å². The third kappa shape index (κ3) is 6.24. The van der Waals surface area contributed by atoms with Gasteiger partial charge in [0.1, 0.15) is 11.6 Å². The van der Waals surface area contributed by atoms with Gasteiger partial charge >= 0.3 is 0 Å². The van der Waals surface area contributed by atoms with Crippen LogP contribution in [-0.2, 0) is 14.8 Å². The van der Waals surface area contributed by atoms with E-state index >= 15 is 0 Å². The number of rotatable bonds is 7. The summed E-state index contributed by atoms with van der Waals surface area (Å²) in [5, 5.41) is 2.83. The number of amides is 1. The molecule has 0 bridgehead atoms. The molecular weight excluding hydrogens is 490 g/mol. The molecule has 0 saturated heterocycles. The molecule has 0 fully saturated rings. The van der Waals surface area contributed by atoms with Crippen LogP contribution in [0, 0.1) is 5.82 Å². The van der Waals surface area contributed by atoms with Crippen molar-refractivity contribution < 1.29 is 22.3 Å². The summed E-state index contributed by atoms with van der Waals surface area (Å²) in [7, 11) is -3.90. The van der Waals surface area contributed by atoms with Gasteiger partial charge < -0.3 is 10.1 Å². The molecule has 2 N–H and O–H groups in total. The number of benzene rings is 3. The first kappa shape index (κ1) is 23.1. The van der Waals surface area contributed by atoms with Crippen molar-refractivity contribution in [3.05, 3.63) is 81.5 Å². The fourth-order valence-corrected chi connectivity index (χ4v) is 4.10. The summed E-state index contributed by atoms with van der Waals surface area (Å²) >= 11 is 17.6. The van der Waals surface area contributed by atoms with Gasteiger partial charge in [-0.15, -0.1) is 0 Å². The first-order valence-electron chi connectivity index (χ1n) is 8.60. The van der Waals surface area contributed by atoms with E-state index in [1.54, 1.807) is 12.1 Å². The van der Waals surface area contributed by atoms with Gasteiger partial charge in [-0.05, 0) is 60.7 Å². The van der Waals surface area contributed by atoms with Crippen LogP contribution in [0.2, 0.25) is 15.1 Å². The minimum atomic E-state index is -3.90. The van der Waals surface area contributed by atoms with Gasteiger partial charge in [0.2, 0.25) is 0 Å². The van der Waals surface area contributed by atoms with E-state index in [4.69, 9.17) is 39.5 Å². The molecule has 11 heteroatoms. The lowest BCUT2D eigenvalue weighted by atomic mass is 10.3. The van der Waals surface area contributed by atoms with Crippen molar-refractivity contribution in [2.24, 2.45) is 0 Å². The second kappa shape index (κ2) is 9.74. The zero-order valence-electron chi connectivity index (χ0n) is 15.5. The maximum atomic E-state index is 13.2. The number of sulfonamides is 1. The predicted molar refractivity (Wildman–Crippen MR) is 119 cm³/mol. The van der Waals surface area contributed by atoms with Crippen LogP contribution in [0.4, 0.5) is 15.8 Å². The van der Waals surface area contributed by atoms with Crippen LogP contribution in [0.1, 0.15) is 0 Å². The Hall–Kier alpha value is -2.52. The summed E-state index contributed by atoms with van der Waals surface area (Å²) in [5.41, 5.74) is 0.624. The van der Waals surface area contributed by atoms with Crippen LogP contribution in [0.5, 0.6) is 5.75 Å². The maximum absolute atomic E-state index is 13.2. The summed E-state index contributed by atoms with van der Waals surface area (Å²) < 4.78 is 46.0. The summed E-state index contributed by atoms with van der Waals surface area (Å²) in [6.07, 6.45) is 0.